The van der Waals surface area contributed by atoms with Gasteiger partial charge in [0.2, 0.25) is 0 Å². The van der Waals surface area contributed by atoms with Crippen molar-refractivity contribution in [2.45, 2.75) is 20.5 Å². The van der Waals surface area contributed by atoms with Crippen molar-refractivity contribution in [2.75, 3.05) is 6.61 Å². The summed E-state index contributed by atoms with van der Waals surface area (Å²) >= 11 is 0. The lowest BCUT2D eigenvalue weighted by atomic mass is 10.0. The molecule has 0 spiro atoms. The normalized spacial score (nSPS) is 11.0. The highest BCUT2D eigenvalue weighted by Crippen LogP contribution is 2.23. The van der Waals surface area contributed by atoms with Crippen LogP contribution in [0.15, 0.2) is 69.9 Å². The minimum atomic E-state index is -0.511. The van der Waals surface area contributed by atoms with E-state index in [4.69, 9.17) is 13.9 Å². The van der Waals surface area contributed by atoms with E-state index in [0.717, 1.165) is 27.3 Å². The quantitative estimate of drug-likeness (QED) is 0.367. The standard InChI is InChI=1S/C24H20O5/c1-15-9-21-19(12-23(25)29-22(21)10-16(15)2)13-28-24(26)14-27-20-8-7-17-5-3-4-6-18(17)11-20/h3-12H,13-14H2,1-2H3. The van der Waals surface area contributed by atoms with Gasteiger partial charge in [-0.3, -0.25) is 0 Å². The summed E-state index contributed by atoms with van der Waals surface area (Å²) in [5, 5.41) is 2.89. The van der Waals surface area contributed by atoms with Gasteiger partial charge < -0.3 is 13.9 Å². The molecule has 0 saturated carbocycles. The molecule has 5 nitrogen and oxygen atoms in total. The molecule has 0 atom stereocenters. The van der Waals surface area contributed by atoms with Crippen LogP contribution < -0.4 is 10.4 Å². The second-order valence-corrected chi connectivity index (χ2v) is 6.98. The van der Waals surface area contributed by atoms with Crippen molar-refractivity contribution in [1.82, 2.24) is 0 Å². The molecule has 0 aliphatic heterocycles. The molecule has 1 aromatic heterocycles. The second kappa shape index (κ2) is 7.80. The monoisotopic (exact) mass is 388 g/mol. The first-order valence-corrected chi connectivity index (χ1v) is 9.31. The predicted octanol–water partition coefficient (Wildman–Crippen LogP) is 4.69. The number of esters is 1. The van der Waals surface area contributed by atoms with E-state index < -0.39 is 11.6 Å². The number of benzene rings is 3. The summed E-state index contributed by atoms with van der Waals surface area (Å²) in [5.74, 6) is 0.0842. The van der Waals surface area contributed by atoms with Gasteiger partial charge in [0.25, 0.3) is 0 Å². The minimum Gasteiger partial charge on any atom is -0.482 e. The molecule has 0 amide bonds. The van der Waals surface area contributed by atoms with Crippen LogP contribution in [0.25, 0.3) is 21.7 Å². The first-order valence-electron chi connectivity index (χ1n) is 9.31. The lowest BCUT2D eigenvalue weighted by molar-refractivity contribution is -0.147. The smallest absolute Gasteiger partial charge is 0.344 e. The zero-order chi connectivity index (χ0) is 20.4. The predicted molar refractivity (Wildman–Crippen MR) is 111 cm³/mol. The van der Waals surface area contributed by atoms with Gasteiger partial charge in [0, 0.05) is 17.0 Å². The molecule has 0 saturated heterocycles. The van der Waals surface area contributed by atoms with E-state index >= 15 is 0 Å². The Labute approximate surface area is 167 Å². The van der Waals surface area contributed by atoms with Crippen molar-refractivity contribution in [3.8, 4) is 5.75 Å². The molecule has 3 aromatic carbocycles. The molecule has 0 bridgehead atoms. The lowest BCUT2D eigenvalue weighted by Gasteiger charge is -2.10. The van der Waals surface area contributed by atoms with E-state index in [9.17, 15) is 9.59 Å². The van der Waals surface area contributed by atoms with Gasteiger partial charge >= 0.3 is 11.6 Å². The molecule has 0 aliphatic rings. The average molecular weight is 388 g/mol. The van der Waals surface area contributed by atoms with Gasteiger partial charge in [0.05, 0.1) is 0 Å². The topological polar surface area (TPSA) is 65.7 Å². The van der Waals surface area contributed by atoms with Gasteiger partial charge in [-0.1, -0.05) is 30.3 Å². The van der Waals surface area contributed by atoms with Crippen LogP contribution in [0, 0.1) is 13.8 Å². The van der Waals surface area contributed by atoms with Crippen LogP contribution in [0.5, 0.6) is 5.75 Å². The van der Waals surface area contributed by atoms with Crippen LogP contribution in [-0.2, 0) is 16.1 Å². The maximum Gasteiger partial charge on any atom is 0.344 e. The Balaban J connectivity index is 1.44. The highest BCUT2D eigenvalue weighted by atomic mass is 16.6. The van der Waals surface area contributed by atoms with E-state index in [2.05, 4.69) is 0 Å². The minimum absolute atomic E-state index is 0.0233. The number of hydrogen-bond donors (Lipinski definition) is 0. The van der Waals surface area contributed by atoms with Crippen molar-refractivity contribution in [3.05, 3.63) is 87.8 Å². The zero-order valence-corrected chi connectivity index (χ0v) is 16.2. The van der Waals surface area contributed by atoms with E-state index in [-0.39, 0.29) is 13.2 Å². The molecule has 0 radical (unpaired) electrons. The van der Waals surface area contributed by atoms with Crippen LogP contribution in [0.3, 0.4) is 0 Å². The van der Waals surface area contributed by atoms with Gasteiger partial charge in [0.15, 0.2) is 6.61 Å². The van der Waals surface area contributed by atoms with Gasteiger partial charge in [-0.15, -0.1) is 0 Å². The van der Waals surface area contributed by atoms with Crippen LogP contribution in [-0.4, -0.2) is 12.6 Å². The Bertz CT molecular complexity index is 1270. The number of aryl methyl sites for hydroxylation is 2. The highest BCUT2D eigenvalue weighted by molar-refractivity contribution is 5.84. The number of carbonyl (C=O) groups is 1. The largest absolute Gasteiger partial charge is 0.482 e. The van der Waals surface area contributed by atoms with Gasteiger partial charge in [0.1, 0.15) is 17.9 Å². The number of ether oxygens (including phenoxy) is 2. The zero-order valence-electron chi connectivity index (χ0n) is 16.2. The van der Waals surface area contributed by atoms with Crippen LogP contribution in [0.4, 0.5) is 0 Å². The second-order valence-electron chi connectivity index (χ2n) is 6.98. The fourth-order valence-corrected chi connectivity index (χ4v) is 3.20. The molecule has 146 valence electrons. The molecule has 0 unspecified atom stereocenters. The van der Waals surface area contributed by atoms with Crippen molar-refractivity contribution in [1.29, 1.82) is 0 Å². The van der Waals surface area contributed by atoms with Crippen LogP contribution in [0.1, 0.15) is 16.7 Å². The average Bonchev–Trinajstić information content (AvgIpc) is 2.71. The Morgan fingerprint density at radius 2 is 1.69 bits per heavy atom. The van der Waals surface area contributed by atoms with Crippen molar-refractivity contribution in [2.24, 2.45) is 0 Å². The van der Waals surface area contributed by atoms with Crippen molar-refractivity contribution in [3.63, 3.8) is 0 Å². The van der Waals surface area contributed by atoms with E-state index in [1.807, 2.05) is 68.4 Å². The molecule has 4 aromatic rings. The van der Waals surface area contributed by atoms with Gasteiger partial charge in [-0.05, 0) is 60.0 Å². The number of fused-ring (bicyclic) bond motifs is 2. The van der Waals surface area contributed by atoms with Crippen LogP contribution >= 0.6 is 0 Å². The number of carbonyl (C=O) groups excluding carboxylic acids is 1. The van der Waals surface area contributed by atoms with E-state index in [1.54, 1.807) is 0 Å². The van der Waals surface area contributed by atoms with Crippen molar-refractivity contribution < 1.29 is 18.7 Å². The third kappa shape index (κ3) is 4.14. The van der Waals surface area contributed by atoms with E-state index in [0.29, 0.717) is 16.9 Å². The Morgan fingerprint density at radius 1 is 0.931 bits per heavy atom. The maximum absolute atomic E-state index is 12.1. The van der Waals surface area contributed by atoms with Gasteiger partial charge in [-0.25, -0.2) is 9.59 Å². The lowest BCUT2D eigenvalue weighted by Crippen LogP contribution is -2.15. The molecular formula is C24H20O5. The molecule has 0 fully saturated rings. The number of hydrogen-bond acceptors (Lipinski definition) is 5. The van der Waals surface area contributed by atoms with Crippen molar-refractivity contribution >= 4 is 27.7 Å². The summed E-state index contributed by atoms with van der Waals surface area (Å²) in [6, 6.07) is 18.7. The molecule has 1 heterocycles. The van der Waals surface area contributed by atoms with E-state index in [1.165, 1.54) is 6.07 Å². The Morgan fingerprint density at radius 3 is 2.52 bits per heavy atom. The Kier molecular flexibility index (Phi) is 5.04. The third-order valence-corrected chi connectivity index (χ3v) is 4.91. The SMILES string of the molecule is Cc1cc2oc(=O)cc(COC(=O)COc3ccc4ccccc4c3)c2cc1C. The molecule has 29 heavy (non-hydrogen) atoms. The summed E-state index contributed by atoms with van der Waals surface area (Å²) < 4.78 is 16.1. The van der Waals surface area contributed by atoms with Gasteiger partial charge in [-0.2, -0.15) is 0 Å². The van der Waals surface area contributed by atoms with Crippen LogP contribution in [0.2, 0.25) is 0 Å². The first-order chi connectivity index (χ1) is 14.0. The molecule has 0 aliphatic carbocycles. The highest BCUT2D eigenvalue weighted by Gasteiger charge is 2.11. The number of rotatable bonds is 5. The molecule has 0 N–H and O–H groups in total. The summed E-state index contributed by atoms with van der Waals surface area (Å²) in [5.41, 5.74) is 2.72. The summed E-state index contributed by atoms with van der Waals surface area (Å²) in [6.07, 6.45) is 0. The molecule has 5 heteroatoms. The first kappa shape index (κ1) is 18.7. The molecule has 4 rings (SSSR count). The summed E-state index contributed by atoms with van der Waals surface area (Å²) in [4.78, 5) is 24.0. The third-order valence-electron chi connectivity index (χ3n) is 4.91. The maximum atomic E-state index is 12.1. The molecular weight excluding hydrogens is 368 g/mol. The summed E-state index contributed by atoms with van der Waals surface area (Å²) in [6.45, 7) is 3.69. The fraction of sp³-hybridized carbons (Fsp3) is 0.167. The Hall–Kier alpha value is -3.60. The summed E-state index contributed by atoms with van der Waals surface area (Å²) in [7, 11) is 0. The fourth-order valence-electron chi connectivity index (χ4n) is 3.20.